The standard InChI is InChI=1S/C14H21N3O2/c1-17(2)14(7-4-8-14)9-16-13(19)10-5-3-6-11(15)12(10)18/h3,5-6,18H,4,7-9,15H2,1-2H3,(H,16,19). The number of aromatic hydroxyl groups is 1. The number of hydrogen-bond donors (Lipinski definition) is 3. The number of amides is 1. The summed E-state index contributed by atoms with van der Waals surface area (Å²) in [5, 5.41) is 12.7. The smallest absolute Gasteiger partial charge is 0.255 e. The molecule has 0 aromatic heterocycles. The maximum Gasteiger partial charge on any atom is 0.255 e. The molecule has 1 amide bonds. The average molecular weight is 263 g/mol. The van der Waals surface area contributed by atoms with E-state index in [2.05, 4.69) is 10.2 Å². The molecule has 0 heterocycles. The first kappa shape index (κ1) is 13.7. The number of para-hydroxylation sites is 1. The number of hydrogen-bond acceptors (Lipinski definition) is 4. The van der Waals surface area contributed by atoms with E-state index in [9.17, 15) is 9.90 Å². The second kappa shape index (κ2) is 5.09. The third kappa shape index (κ3) is 2.51. The van der Waals surface area contributed by atoms with Crippen molar-refractivity contribution < 1.29 is 9.90 Å². The summed E-state index contributed by atoms with van der Waals surface area (Å²) >= 11 is 0. The Kier molecular flexibility index (Phi) is 3.66. The predicted molar refractivity (Wildman–Crippen MR) is 75.1 cm³/mol. The lowest BCUT2D eigenvalue weighted by Gasteiger charge is -2.47. The van der Waals surface area contributed by atoms with Crippen LogP contribution in [-0.4, -0.2) is 42.1 Å². The lowest BCUT2D eigenvalue weighted by molar-refractivity contribution is 0.0557. The molecule has 0 unspecified atom stereocenters. The van der Waals surface area contributed by atoms with Crippen molar-refractivity contribution in [2.24, 2.45) is 0 Å². The molecule has 1 aliphatic rings. The van der Waals surface area contributed by atoms with E-state index >= 15 is 0 Å². The van der Waals surface area contributed by atoms with Gasteiger partial charge in [0.15, 0.2) is 5.75 Å². The van der Waals surface area contributed by atoms with Crippen molar-refractivity contribution in [3.63, 3.8) is 0 Å². The molecule has 2 rings (SSSR count). The van der Waals surface area contributed by atoms with Crippen molar-refractivity contribution in [2.75, 3.05) is 26.4 Å². The third-order valence-electron chi connectivity index (χ3n) is 4.12. The van der Waals surface area contributed by atoms with E-state index in [1.807, 2.05) is 14.1 Å². The number of nitrogens with zero attached hydrogens (tertiary/aromatic N) is 1. The van der Waals surface area contributed by atoms with Gasteiger partial charge < -0.3 is 21.1 Å². The Bertz CT molecular complexity index is 482. The molecule has 1 fully saturated rings. The van der Waals surface area contributed by atoms with E-state index in [0.29, 0.717) is 6.54 Å². The van der Waals surface area contributed by atoms with Gasteiger partial charge in [0.1, 0.15) is 0 Å². The van der Waals surface area contributed by atoms with E-state index in [0.717, 1.165) is 12.8 Å². The van der Waals surface area contributed by atoms with E-state index in [1.165, 1.54) is 6.42 Å². The molecule has 5 heteroatoms. The Morgan fingerprint density at radius 2 is 2.16 bits per heavy atom. The number of benzene rings is 1. The number of carbonyl (C=O) groups is 1. The summed E-state index contributed by atoms with van der Waals surface area (Å²) in [4.78, 5) is 14.2. The Morgan fingerprint density at radius 3 is 2.68 bits per heavy atom. The molecule has 0 bridgehead atoms. The highest BCUT2D eigenvalue weighted by molar-refractivity contribution is 5.98. The largest absolute Gasteiger partial charge is 0.505 e. The molecule has 1 aromatic rings. The molecule has 0 atom stereocenters. The summed E-state index contributed by atoms with van der Waals surface area (Å²) < 4.78 is 0. The predicted octanol–water partition coefficient (Wildman–Crippen LogP) is 1.19. The molecule has 19 heavy (non-hydrogen) atoms. The van der Waals surface area contributed by atoms with Gasteiger partial charge >= 0.3 is 0 Å². The van der Waals surface area contributed by atoms with Gasteiger partial charge in [-0.15, -0.1) is 0 Å². The van der Waals surface area contributed by atoms with Crippen molar-refractivity contribution in [1.82, 2.24) is 10.2 Å². The molecule has 0 spiro atoms. The van der Waals surface area contributed by atoms with Crippen LogP contribution < -0.4 is 11.1 Å². The van der Waals surface area contributed by atoms with Crippen LogP contribution >= 0.6 is 0 Å². The van der Waals surface area contributed by atoms with Crippen molar-refractivity contribution >= 4 is 11.6 Å². The highest BCUT2D eigenvalue weighted by Gasteiger charge is 2.39. The summed E-state index contributed by atoms with van der Waals surface area (Å²) in [6.07, 6.45) is 3.37. The van der Waals surface area contributed by atoms with Gasteiger partial charge in [0.05, 0.1) is 11.3 Å². The molecule has 1 saturated carbocycles. The molecule has 1 aliphatic carbocycles. The number of anilines is 1. The van der Waals surface area contributed by atoms with Crippen LogP contribution in [-0.2, 0) is 0 Å². The zero-order valence-electron chi connectivity index (χ0n) is 11.4. The number of nitrogens with two attached hydrogens (primary N) is 1. The summed E-state index contributed by atoms with van der Waals surface area (Å²) in [5.74, 6) is -0.426. The Hall–Kier alpha value is -1.75. The molecule has 4 N–H and O–H groups in total. The lowest BCUT2D eigenvalue weighted by Crippen LogP contribution is -2.57. The van der Waals surface area contributed by atoms with Crippen LogP contribution in [0.25, 0.3) is 0 Å². The Balaban J connectivity index is 2.04. The number of rotatable bonds is 4. The normalized spacial score (nSPS) is 17.0. The molecule has 0 saturated heterocycles. The minimum absolute atomic E-state index is 0.0611. The highest BCUT2D eigenvalue weighted by atomic mass is 16.3. The SMILES string of the molecule is CN(C)C1(CNC(=O)c2cccc(N)c2O)CCC1. The molecule has 104 valence electrons. The second-order valence-electron chi connectivity index (χ2n) is 5.40. The first-order chi connectivity index (χ1) is 8.96. The molecule has 5 nitrogen and oxygen atoms in total. The number of nitrogens with one attached hydrogen (secondary N) is 1. The zero-order chi connectivity index (χ0) is 14.0. The Labute approximate surface area is 113 Å². The van der Waals surface area contributed by atoms with Crippen LogP contribution in [0.15, 0.2) is 18.2 Å². The van der Waals surface area contributed by atoms with E-state index in [1.54, 1.807) is 18.2 Å². The quantitative estimate of drug-likeness (QED) is 0.563. The summed E-state index contributed by atoms with van der Waals surface area (Å²) in [6.45, 7) is 0.590. The van der Waals surface area contributed by atoms with Crippen LogP contribution in [0, 0.1) is 0 Å². The first-order valence-electron chi connectivity index (χ1n) is 6.49. The topological polar surface area (TPSA) is 78.6 Å². The fourth-order valence-corrected chi connectivity index (χ4v) is 2.45. The van der Waals surface area contributed by atoms with Gasteiger partial charge in [-0.2, -0.15) is 0 Å². The summed E-state index contributed by atoms with van der Waals surface area (Å²) in [5.41, 5.74) is 6.10. The van der Waals surface area contributed by atoms with Gasteiger partial charge in [0.2, 0.25) is 0 Å². The van der Waals surface area contributed by atoms with Crippen molar-refractivity contribution in [3.05, 3.63) is 23.8 Å². The van der Waals surface area contributed by atoms with Crippen molar-refractivity contribution in [1.29, 1.82) is 0 Å². The van der Waals surface area contributed by atoms with E-state index in [-0.39, 0.29) is 28.4 Å². The number of likely N-dealkylation sites (N-methyl/N-ethyl adjacent to an activating group) is 1. The van der Waals surface area contributed by atoms with Gasteiger partial charge in [0, 0.05) is 12.1 Å². The molecular weight excluding hydrogens is 242 g/mol. The Morgan fingerprint density at radius 1 is 1.47 bits per heavy atom. The van der Waals surface area contributed by atoms with Gasteiger partial charge in [0.25, 0.3) is 5.91 Å². The molecule has 0 radical (unpaired) electrons. The van der Waals surface area contributed by atoms with E-state index < -0.39 is 0 Å². The van der Waals surface area contributed by atoms with Gasteiger partial charge in [-0.05, 0) is 45.5 Å². The fourth-order valence-electron chi connectivity index (χ4n) is 2.45. The van der Waals surface area contributed by atoms with Gasteiger partial charge in [-0.25, -0.2) is 0 Å². The van der Waals surface area contributed by atoms with Crippen LogP contribution in [0.1, 0.15) is 29.6 Å². The average Bonchev–Trinajstić information content (AvgIpc) is 2.30. The molecule has 1 aromatic carbocycles. The first-order valence-corrected chi connectivity index (χ1v) is 6.49. The number of carbonyl (C=O) groups excluding carboxylic acids is 1. The minimum Gasteiger partial charge on any atom is -0.505 e. The highest BCUT2D eigenvalue weighted by Crippen LogP contribution is 2.35. The van der Waals surface area contributed by atoms with Gasteiger partial charge in [-0.3, -0.25) is 4.79 Å². The van der Waals surface area contributed by atoms with Crippen LogP contribution in [0.5, 0.6) is 5.75 Å². The lowest BCUT2D eigenvalue weighted by atomic mass is 9.75. The third-order valence-corrected chi connectivity index (χ3v) is 4.12. The number of phenolic OH excluding ortho intramolecular Hbond substituents is 1. The second-order valence-corrected chi connectivity index (χ2v) is 5.40. The van der Waals surface area contributed by atoms with Crippen LogP contribution in [0.2, 0.25) is 0 Å². The monoisotopic (exact) mass is 263 g/mol. The van der Waals surface area contributed by atoms with E-state index in [4.69, 9.17) is 5.73 Å². The van der Waals surface area contributed by atoms with Crippen molar-refractivity contribution in [2.45, 2.75) is 24.8 Å². The minimum atomic E-state index is -0.280. The summed E-state index contributed by atoms with van der Waals surface area (Å²) in [6, 6.07) is 4.80. The van der Waals surface area contributed by atoms with Crippen LogP contribution in [0.4, 0.5) is 5.69 Å². The van der Waals surface area contributed by atoms with Crippen molar-refractivity contribution in [3.8, 4) is 5.75 Å². The van der Waals surface area contributed by atoms with Gasteiger partial charge in [-0.1, -0.05) is 6.07 Å². The molecular formula is C14H21N3O2. The van der Waals surface area contributed by atoms with Crippen LogP contribution in [0.3, 0.4) is 0 Å². The number of phenols is 1. The summed E-state index contributed by atoms with van der Waals surface area (Å²) in [7, 11) is 4.06. The number of nitrogen functional groups attached to an aromatic ring is 1. The molecule has 0 aliphatic heterocycles. The maximum absolute atomic E-state index is 12.1. The fraction of sp³-hybridized carbons (Fsp3) is 0.500. The maximum atomic E-state index is 12.1. The zero-order valence-corrected chi connectivity index (χ0v) is 11.4.